The molecule has 3 aromatic rings. The normalized spacial score (nSPS) is 12.3. The number of hydrogen-bond donors (Lipinski definition) is 1. The van der Waals surface area contributed by atoms with Crippen LogP contribution in [-0.4, -0.2) is 32.1 Å². The molecule has 1 unspecified atom stereocenters. The largest absolute Gasteiger partial charge is 0.460 e. The molecule has 0 fully saturated rings. The molecule has 0 aliphatic carbocycles. The third-order valence-electron chi connectivity index (χ3n) is 5.01. The van der Waals surface area contributed by atoms with Crippen molar-refractivity contribution in [1.29, 1.82) is 0 Å². The molecule has 1 N–H and O–H groups in total. The van der Waals surface area contributed by atoms with Gasteiger partial charge in [0.1, 0.15) is 22.9 Å². The lowest BCUT2D eigenvalue weighted by molar-refractivity contribution is -0.155. The molecule has 9 heteroatoms. The summed E-state index contributed by atoms with van der Waals surface area (Å²) in [6.45, 7) is 5.39. The first-order valence-corrected chi connectivity index (χ1v) is 13.2. The Labute approximate surface area is 217 Å². The number of amides is 1. The maximum atomic E-state index is 12.5. The zero-order chi connectivity index (χ0) is 26.9. The lowest BCUT2D eigenvalue weighted by atomic mass is 10.0. The number of esters is 1. The van der Waals surface area contributed by atoms with Crippen LogP contribution in [0.5, 0.6) is 5.75 Å². The van der Waals surface area contributed by atoms with Crippen molar-refractivity contribution in [1.82, 2.24) is 5.32 Å². The number of ether oxygens (including phenoxy) is 2. The Morgan fingerprint density at radius 2 is 1.43 bits per heavy atom. The Morgan fingerprint density at radius 3 is 2.03 bits per heavy atom. The molecule has 0 saturated carbocycles. The van der Waals surface area contributed by atoms with Crippen LogP contribution in [0.4, 0.5) is 4.79 Å². The Bertz CT molecular complexity index is 1270. The van der Waals surface area contributed by atoms with Crippen molar-refractivity contribution >= 4 is 22.2 Å². The predicted molar refractivity (Wildman–Crippen MR) is 138 cm³/mol. The molecule has 0 radical (unpaired) electrons. The minimum absolute atomic E-state index is 0.0507. The highest BCUT2D eigenvalue weighted by Crippen LogP contribution is 2.20. The number of alkyl carbamates (subject to hydrolysis) is 1. The molecule has 0 aliphatic rings. The summed E-state index contributed by atoms with van der Waals surface area (Å²) in [5.41, 5.74) is 0.919. The lowest BCUT2D eigenvalue weighted by Gasteiger charge is -2.23. The van der Waals surface area contributed by atoms with Crippen LogP contribution >= 0.6 is 0 Å². The van der Waals surface area contributed by atoms with Gasteiger partial charge in [-0.3, -0.25) is 4.79 Å². The quantitative estimate of drug-likeness (QED) is 0.292. The molecule has 1 amide bonds. The molecule has 8 nitrogen and oxygen atoms in total. The van der Waals surface area contributed by atoms with Gasteiger partial charge in [-0.2, -0.15) is 8.42 Å². The van der Waals surface area contributed by atoms with Crippen molar-refractivity contribution in [3.63, 3.8) is 0 Å². The van der Waals surface area contributed by atoms with E-state index in [2.05, 4.69) is 5.32 Å². The summed E-state index contributed by atoms with van der Waals surface area (Å²) in [4.78, 5) is 25.0. The zero-order valence-electron chi connectivity index (χ0n) is 21.0. The van der Waals surface area contributed by atoms with Gasteiger partial charge >= 0.3 is 22.2 Å². The third-order valence-corrected chi connectivity index (χ3v) is 6.27. The van der Waals surface area contributed by atoms with Gasteiger partial charge in [-0.25, -0.2) is 4.79 Å². The molecule has 0 aliphatic heterocycles. The Hall–Kier alpha value is -3.85. The molecule has 3 rings (SSSR count). The van der Waals surface area contributed by atoms with E-state index in [-0.39, 0.29) is 30.1 Å². The lowest BCUT2D eigenvalue weighted by Crippen LogP contribution is -2.39. The minimum atomic E-state index is -3.96. The maximum absolute atomic E-state index is 12.5. The fraction of sp³-hybridized carbons (Fsp3) is 0.286. The number of benzene rings is 3. The number of carbonyl (C=O) groups is 2. The monoisotopic (exact) mass is 525 g/mol. The second-order valence-electron chi connectivity index (χ2n) is 9.39. The van der Waals surface area contributed by atoms with Crippen LogP contribution in [0.15, 0.2) is 89.8 Å². The average molecular weight is 526 g/mol. The summed E-state index contributed by atoms with van der Waals surface area (Å²) in [6, 6.07) is 22.9. The van der Waals surface area contributed by atoms with Gasteiger partial charge in [0, 0.05) is 6.04 Å². The SMILES string of the molecule is CC(C)(C)OC(=O)CC(Cc1ccc(OS(=O)(=O)c2ccccc2)cc1)NC(=O)OCc1ccccc1. The number of carbonyl (C=O) groups excluding carboxylic acids is 2. The van der Waals surface area contributed by atoms with Crippen LogP contribution < -0.4 is 9.50 Å². The van der Waals surface area contributed by atoms with Crippen molar-refractivity contribution in [3.8, 4) is 5.75 Å². The van der Waals surface area contributed by atoms with E-state index in [4.69, 9.17) is 13.7 Å². The second-order valence-corrected chi connectivity index (χ2v) is 10.9. The average Bonchev–Trinajstić information content (AvgIpc) is 2.84. The summed E-state index contributed by atoms with van der Waals surface area (Å²) >= 11 is 0. The summed E-state index contributed by atoms with van der Waals surface area (Å²) in [6.07, 6.45) is -0.449. The van der Waals surface area contributed by atoms with Crippen LogP contribution in [0, 0.1) is 0 Å². The molecule has 196 valence electrons. The first-order chi connectivity index (χ1) is 17.5. The molecule has 3 aromatic carbocycles. The van der Waals surface area contributed by atoms with Crippen LogP contribution in [0.25, 0.3) is 0 Å². The third kappa shape index (κ3) is 9.61. The van der Waals surface area contributed by atoms with E-state index in [1.165, 1.54) is 24.3 Å². The molecule has 0 aromatic heterocycles. The molecular weight excluding hydrogens is 494 g/mol. The summed E-state index contributed by atoms with van der Waals surface area (Å²) in [7, 11) is -3.96. The van der Waals surface area contributed by atoms with Crippen molar-refractivity contribution in [2.75, 3.05) is 0 Å². The molecule has 0 saturated heterocycles. The molecule has 0 bridgehead atoms. The first kappa shape index (κ1) is 27.7. The second kappa shape index (κ2) is 12.4. The predicted octanol–water partition coefficient (Wildman–Crippen LogP) is 5.02. The topological polar surface area (TPSA) is 108 Å². The molecule has 37 heavy (non-hydrogen) atoms. The van der Waals surface area contributed by atoms with E-state index in [0.717, 1.165) is 11.1 Å². The van der Waals surface area contributed by atoms with Gasteiger partial charge in [0.15, 0.2) is 0 Å². The van der Waals surface area contributed by atoms with E-state index < -0.39 is 33.8 Å². The van der Waals surface area contributed by atoms with Gasteiger partial charge in [0.25, 0.3) is 0 Å². The van der Waals surface area contributed by atoms with E-state index in [1.54, 1.807) is 51.1 Å². The van der Waals surface area contributed by atoms with Gasteiger partial charge < -0.3 is 19.0 Å². The van der Waals surface area contributed by atoms with Crippen molar-refractivity contribution in [2.45, 2.75) is 56.8 Å². The van der Waals surface area contributed by atoms with Crippen molar-refractivity contribution < 1.29 is 31.7 Å². The number of nitrogens with one attached hydrogen (secondary N) is 1. The molecule has 0 spiro atoms. The van der Waals surface area contributed by atoms with Crippen LogP contribution in [0.2, 0.25) is 0 Å². The minimum Gasteiger partial charge on any atom is -0.460 e. The van der Waals surface area contributed by atoms with Crippen LogP contribution in [0.3, 0.4) is 0 Å². The fourth-order valence-electron chi connectivity index (χ4n) is 3.42. The first-order valence-electron chi connectivity index (χ1n) is 11.8. The Morgan fingerprint density at radius 1 is 0.838 bits per heavy atom. The van der Waals surface area contributed by atoms with Crippen molar-refractivity contribution in [2.24, 2.45) is 0 Å². The Balaban J connectivity index is 1.66. The smallest absolute Gasteiger partial charge is 0.407 e. The molecule has 0 heterocycles. The van der Waals surface area contributed by atoms with Gasteiger partial charge in [-0.05, 0) is 62.6 Å². The highest BCUT2D eigenvalue weighted by atomic mass is 32.2. The van der Waals surface area contributed by atoms with Crippen LogP contribution in [0.1, 0.15) is 38.3 Å². The highest BCUT2D eigenvalue weighted by Gasteiger charge is 2.23. The van der Waals surface area contributed by atoms with Gasteiger partial charge in [0.05, 0.1) is 6.42 Å². The summed E-state index contributed by atoms with van der Waals surface area (Å²) in [5, 5.41) is 2.74. The fourth-order valence-corrected chi connectivity index (χ4v) is 4.37. The van der Waals surface area contributed by atoms with Crippen LogP contribution in [-0.2, 0) is 37.4 Å². The number of rotatable bonds is 10. The maximum Gasteiger partial charge on any atom is 0.407 e. The zero-order valence-corrected chi connectivity index (χ0v) is 21.9. The van der Waals surface area contributed by atoms with E-state index >= 15 is 0 Å². The van der Waals surface area contributed by atoms with E-state index in [0.29, 0.717) is 0 Å². The standard InChI is InChI=1S/C28H31NO7S/c1-28(2,3)35-26(30)19-23(29-27(31)34-20-22-10-6-4-7-11-22)18-21-14-16-24(17-15-21)36-37(32,33)25-12-8-5-9-13-25/h4-17,23H,18-20H2,1-3H3,(H,29,31). The highest BCUT2D eigenvalue weighted by molar-refractivity contribution is 7.87. The molecular formula is C28H31NO7S. The van der Waals surface area contributed by atoms with Gasteiger partial charge in [-0.15, -0.1) is 0 Å². The number of hydrogen-bond acceptors (Lipinski definition) is 7. The summed E-state index contributed by atoms with van der Waals surface area (Å²) < 4.78 is 40.8. The van der Waals surface area contributed by atoms with Gasteiger partial charge in [0.2, 0.25) is 0 Å². The summed E-state index contributed by atoms with van der Waals surface area (Å²) in [5.74, 6) is -0.318. The van der Waals surface area contributed by atoms with E-state index in [1.807, 2.05) is 30.3 Å². The van der Waals surface area contributed by atoms with Crippen molar-refractivity contribution in [3.05, 3.63) is 96.1 Å². The Kier molecular flexibility index (Phi) is 9.30. The van der Waals surface area contributed by atoms with Gasteiger partial charge in [-0.1, -0.05) is 60.7 Å². The molecule has 1 atom stereocenters. The van der Waals surface area contributed by atoms with E-state index in [9.17, 15) is 18.0 Å².